The monoisotopic (exact) mass is 437 g/mol. The second-order valence-electron chi connectivity index (χ2n) is 7.90. The molecule has 0 aromatic carbocycles. The van der Waals surface area contributed by atoms with Gasteiger partial charge in [0.15, 0.2) is 0 Å². The van der Waals surface area contributed by atoms with Gasteiger partial charge in [0.05, 0.1) is 18.0 Å². The zero-order chi connectivity index (χ0) is 21.8. The van der Waals surface area contributed by atoms with Crippen molar-refractivity contribution in [2.45, 2.75) is 26.5 Å². The molecule has 1 saturated heterocycles. The fourth-order valence-corrected chi connectivity index (χ4v) is 4.16. The molecule has 7 nitrogen and oxygen atoms in total. The van der Waals surface area contributed by atoms with E-state index in [2.05, 4.69) is 58.0 Å². The van der Waals surface area contributed by atoms with E-state index >= 15 is 0 Å². The summed E-state index contributed by atoms with van der Waals surface area (Å²) in [4.78, 5) is 26.0. The van der Waals surface area contributed by atoms with Gasteiger partial charge in [-0.25, -0.2) is 9.78 Å². The molecule has 1 aliphatic heterocycles. The Hall–Kier alpha value is -2.76. The quantitative estimate of drug-likeness (QED) is 0.437. The van der Waals surface area contributed by atoms with Crippen molar-refractivity contribution in [1.82, 2.24) is 19.4 Å². The van der Waals surface area contributed by atoms with Crippen LogP contribution in [0.3, 0.4) is 0 Å². The molecule has 0 radical (unpaired) electrons. The molecule has 31 heavy (non-hydrogen) atoms. The summed E-state index contributed by atoms with van der Waals surface area (Å²) in [6.45, 7) is 7.95. The standard InChI is InChI=1S/C23H28N5O2P/c1-17(2)30-23(29)21-20(31)7-9-25-22(21)27-13-11-26(12-14-27)16-19-6-4-10-28(19)18-5-3-8-24-15-18/h3-10,15,17H,11-14,16,31H2,1-2H3. The van der Waals surface area contributed by atoms with Crippen molar-refractivity contribution in [1.29, 1.82) is 0 Å². The molecular formula is C23H28N5O2P. The lowest BCUT2D eigenvalue weighted by Gasteiger charge is -2.36. The minimum Gasteiger partial charge on any atom is -0.459 e. The summed E-state index contributed by atoms with van der Waals surface area (Å²) in [6, 6.07) is 10.1. The van der Waals surface area contributed by atoms with Gasteiger partial charge in [-0.3, -0.25) is 9.88 Å². The molecule has 3 aromatic rings. The van der Waals surface area contributed by atoms with Crippen LogP contribution in [0.15, 0.2) is 55.1 Å². The van der Waals surface area contributed by atoms with Crippen LogP contribution in [0.1, 0.15) is 29.9 Å². The van der Waals surface area contributed by atoms with Gasteiger partial charge >= 0.3 is 5.97 Å². The Kier molecular flexibility index (Phi) is 6.64. The first-order valence-corrected chi connectivity index (χ1v) is 11.1. The first-order chi connectivity index (χ1) is 15.0. The van der Waals surface area contributed by atoms with Crippen LogP contribution < -0.4 is 10.2 Å². The van der Waals surface area contributed by atoms with E-state index in [1.165, 1.54) is 5.69 Å². The van der Waals surface area contributed by atoms with Gasteiger partial charge in [0, 0.05) is 57.0 Å². The van der Waals surface area contributed by atoms with Crippen molar-refractivity contribution in [3.8, 4) is 5.69 Å². The highest BCUT2D eigenvalue weighted by molar-refractivity contribution is 7.27. The molecule has 1 aliphatic rings. The maximum Gasteiger partial charge on any atom is 0.342 e. The molecule has 1 fully saturated rings. The number of nitrogens with zero attached hydrogens (tertiary/aromatic N) is 5. The molecule has 1 atom stereocenters. The van der Waals surface area contributed by atoms with Crippen LogP contribution in [0.2, 0.25) is 0 Å². The highest BCUT2D eigenvalue weighted by Gasteiger charge is 2.26. The Morgan fingerprint density at radius 3 is 2.65 bits per heavy atom. The van der Waals surface area contributed by atoms with E-state index in [4.69, 9.17) is 4.74 Å². The Morgan fingerprint density at radius 2 is 1.94 bits per heavy atom. The van der Waals surface area contributed by atoms with Gasteiger partial charge < -0.3 is 14.2 Å². The van der Waals surface area contributed by atoms with Crippen LogP contribution in [0.5, 0.6) is 0 Å². The number of piperazine rings is 1. The topological polar surface area (TPSA) is 63.5 Å². The molecule has 0 aliphatic carbocycles. The number of pyridine rings is 2. The smallest absolute Gasteiger partial charge is 0.342 e. The first kappa shape index (κ1) is 21.5. The number of anilines is 1. The zero-order valence-corrected chi connectivity index (χ0v) is 19.1. The highest BCUT2D eigenvalue weighted by Crippen LogP contribution is 2.22. The molecule has 0 saturated carbocycles. The van der Waals surface area contributed by atoms with Gasteiger partial charge in [0.25, 0.3) is 0 Å². The zero-order valence-electron chi connectivity index (χ0n) is 17.9. The Labute approximate surface area is 185 Å². The summed E-state index contributed by atoms with van der Waals surface area (Å²) in [5.74, 6) is 0.386. The number of carbonyl (C=O) groups is 1. The molecule has 162 valence electrons. The van der Waals surface area contributed by atoms with E-state index < -0.39 is 0 Å². The van der Waals surface area contributed by atoms with E-state index in [0.29, 0.717) is 11.4 Å². The van der Waals surface area contributed by atoms with Crippen LogP contribution in [0.25, 0.3) is 5.69 Å². The summed E-state index contributed by atoms with van der Waals surface area (Å²) in [5, 5.41) is 0.812. The summed E-state index contributed by atoms with van der Waals surface area (Å²) in [7, 11) is 2.63. The molecule has 0 N–H and O–H groups in total. The number of ether oxygens (including phenoxy) is 1. The lowest BCUT2D eigenvalue weighted by atomic mass is 10.2. The summed E-state index contributed by atoms with van der Waals surface area (Å²) in [6.07, 6.45) is 7.31. The third-order valence-electron chi connectivity index (χ3n) is 5.32. The van der Waals surface area contributed by atoms with Crippen molar-refractivity contribution < 1.29 is 9.53 Å². The minimum absolute atomic E-state index is 0.169. The number of esters is 1. The van der Waals surface area contributed by atoms with Crippen molar-refractivity contribution in [2.75, 3.05) is 31.1 Å². The molecule has 0 spiro atoms. The summed E-state index contributed by atoms with van der Waals surface area (Å²) >= 11 is 0. The van der Waals surface area contributed by atoms with Gasteiger partial charge in [-0.05, 0) is 49.5 Å². The number of hydrogen-bond donors (Lipinski definition) is 0. The van der Waals surface area contributed by atoms with E-state index in [9.17, 15) is 4.79 Å². The number of aromatic nitrogens is 3. The number of carbonyl (C=O) groups excluding carboxylic acids is 1. The van der Waals surface area contributed by atoms with Gasteiger partial charge in [-0.2, -0.15) is 0 Å². The van der Waals surface area contributed by atoms with E-state index in [0.717, 1.165) is 43.7 Å². The number of rotatable bonds is 6. The maximum atomic E-state index is 12.7. The van der Waals surface area contributed by atoms with Crippen molar-refractivity contribution >= 4 is 26.3 Å². The Balaban J connectivity index is 1.44. The maximum absolute atomic E-state index is 12.7. The largest absolute Gasteiger partial charge is 0.459 e. The predicted octanol–water partition coefficient (Wildman–Crippen LogP) is 2.66. The molecule has 4 heterocycles. The number of hydrogen-bond acceptors (Lipinski definition) is 6. The van der Waals surface area contributed by atoms with Crippen LogP contribution in [-0.2, 0) is 11.3 Å². The normalized spacial score (nSPS) is 14.8. The van der Waals surface area contributed by atoms with E-state index in [1.54, 1.807) is 12.4 Å². The third-order valence-corrected chi connectivity index (χ3v) is 5.81. The molecule has 3 aromatic heterocycles. The fourth-order valence-electron chi connectivity index (χ4n) is 3.83. The van der Waals surface area contributed by atoms with Gasteiger partial charge in [-0.1, -0.05) is 0 Å². The van der Waals surface area contributed by atoms with Crippen LogP contribution in [0, 0.1) is 0 Å². The van der Waals surface area contributed by atoms with Crippen molar-refractivity contribution in [3.63, 3.8) is 0 Å². The van der Waals surface area contributed by atoms with Gasteiger partial charge in [0.2, 0.25) is 0 Å². The first-order valence-electron chi connectivity index (χ1n) is 10.5. The fraction of sp³-hybridized carbons (Fsp3) is 0.348. The predicted molar refractivity (Wildman–Crippen MR) is 125 cm³/mol. The summed E-state index contributed by atoms with van der Waals surface area (Å²) in [5.41, 5.74) is 2.84. The SMILES string of the molecule is CC(C)OC(=O)c1c(P)ccnc1N1CCN(Cc2cccn2-c2cccnc2)CC1. The van der Waals surface area contributed by atoms with Gasteiger partial charge in [-0.15, -0.1) is 9.24 Å². The van der Waals surface area contributed by atoms with Crippen LogP contribution in [-0.4, -0.2) is 57.7 Å². The Bertz CT molecular complexity index is 1030. The van der Waals surface area contributed by atoms with Gasteiger partial charge in [0.1, 0.15) is 11.4 Å². The minimum atomic E-state index is -0.320. The third kappa shape index (κ3) is 4.94. The summed E-state index contributed by atoms with van der Waals surface area (Å²) < 4.78 is 7.64. The van der Waals surface area contributed by atoms with Crippen LogP contribution >= 0.6 is 9.24 Å². The van der Waals surface area contributed by atoms with Crippen LogP contribution in [0.4, 0.5) is 5.82 Å². The second kappa shape index (κ2) is 9.58. The molecular weight excluding hydrogens is 409 g/mol. The van der Waals surface area contributed by atoms with E-state index in [1.807, 2.05) is 32.2 Å². The molecule has 8 heteroatoms. The molecule has 1 unspecified atom stereocenters. The average molecular weight is 437 g/mol. The molecule has 0 bridgehead atoms. The average Bonchev–Trinajstić information content (AvgIpc) is 3.22. The second-order valence-corrected chi connectivity index (χ2v) is 8.52. The van der Waals surface area contributed by atoms with Crippen molar-refractivity contribution in [3.05, 3.63) is 66.4 Å². The Morgan fingerprint density at radius 1 is 1.13 bits per heavy atom. The van der Waals surface area contributed by atoms with Crippen molar-refractivity contribution in [2.24, 2.45) is 0 Å². The molecule has 4 rings (SSSR count). The lowest BCUT2D eigenvalue weighted by Crippen LogP contribution is -2.47. The van der Waals surface area contributed by atoms with E-state index in [-0.39, 0.29) is 12.1 Å². The highest BCUT2D eigenvalue weighted by atomic mass is 31.0. The lowest BCUT2D eigenvalue weighted by molar-refractivity contribution is 0.0380. The molecule has 0 amide bonds.